The third kappa shape index (κ3) is 6.51. The Bertz CT molecular complexity index is 575. The third-order valence-corrected chi connectivity index (χ3v) is 5.48. The van der Waals surface area contributed by atoms with Crippen molar-refractivity contribution < 1.29 is 14.3 Å². The van der Waals surface area contributed by atoms with Gasteiger partial charge in [-0.1, -0.05) is 20.3 Å². The third-order valence-electron chi connectivity index (χ3n) is 5.48. The molecule has 1 aromatic rings. The molecule has 0 aromatic heterocycles. The first-order valence-electron chi connectivity index (χ1n) is 10.4. The predicted molar refractivity (Wildman–Crippen MR) is 110 cm³/mol. The predicted octanol–water partition coefficient (Wildman–Crippen LogP) is 4.47. The van der Waals surface area contributed by atoms with Crippen LogP contribution in [0.3, 0.4) is 0 Å². The molecule has 2 rings (SSSR count). The molecule has 5 nitrogen and oxygen atoms in total. The number of likely N-dealkylation sites (tertiary alicyclic amines) is 1. The van der Waals surface area contributed by atoms with Crippen LogP contribution in [0, 0.1) is 0 Å². The summed E-state index contributed by atoms with van der Waals surface area (Å²) in [6.45, 7) is 11.6. The number of ether oxygens (including phenoxy) is 2. The van der Waals surface area contributed by atoms with Crippen LogP contribution in [0.25, 0.3) is 0 Å². The summed E-state index contributed by atoms with van der Waals surface area (Å²) in [5.74, 6) is 0.726. The maximum atomic E-state index is 12.6. The molecule has 1 saturated heterocycles. The highest BCUT2D eigenvalue weighted by molar-refractivity contribution is 5.97. The van der Waals surface area contributed by atoms with Gasteiger partial charge in [0, 0.05) is 24.9 Å². The SMILES string of the molecule is CCCOC(C)(CC)C(=O)Nc1ccc(OCCN2CCCCC2C)cc1. The summed E-state index contributed by atoms with van der Waals surface area (Å²) in [7, 11) is 0. The summed E-state index contributed by atoms with van der Waals surface area (Å²) in [5, 5.41) is 2.96. The fourth-order valence-electron chi connectivity index (χ4n) is 3.32. The van der Waals surface area contributed by atoms with Gasteiger partial charge in [0.1, 0.15) is 18.0 Å². The van der Waals surface area contributed by atoms with Crippen LogP contribution in [0.4, 0.5) is 5.69 Å². The Morgan fingerprint density at radius 3 is 2.59 bits per heavy atom. The number of anilines is 1. The van der Waals surface area contributed by atoms with Gasteiger partial charge in [-0.15, -0.1) is 0 Å². The van der Waals surface area contributed by atoms with Gasteiger partial charge in [-0.05, 0) is 70.3 Å². The second-order valence-electron chi connectivity index (χ2n) is 7.64. The van der Waals surface area contributed by atoms with E-state index in [0.29, 0.717) is 25.7 Å². The molecular weight excluding hydrogens is 340 g/mol. The Hall–Kier alpha value is -1.59. The number of hydrogen-bond acceptors (Lipinski definition) is 4. The van der Waals surface area contributed by atoms with E-state index in [4.69, 9.17) is 9.47 Å². The molecule has 5 heteroatoms. The van der Waals surface area contributed by atoms with Crippen molar-refractivity contribution in [3.05, 3.63) is 24.3 Å². The van der Waals surface area contributed by atoms with Gasteiger partial charge in [-0.25, -0.2) is 0 Å². The number of nitrogens with zero attached hydrogens (tertiary/aromatic N) is 1. The zero-order valence-corrected chi connectivity index (χ0v) is 17.4. The second kappa shape index (κ2) is 10.7. The Morgan fingerprint density at radius 2 is 1.96 bits per heavy atom. The van der Waals surface area contributed by atoms with E-state index in [9.17, 15) is 4.79 Å². The summed E-state index contributed by atoms with van der Waals surface area (Å²) >= 11 is 0. The molecule has 2 unspecified atom stereocenters. The maximum Gasteiger partial charge on any atom is 0.256 e. The van der Waals surface area contributed by atoms with Crippen LogP contribution in [-0.2, 0) is 9.53 Å². The van der Waals surface area contributed by atoms with Crippen LogP contribution < -0.4 is 10.1 Å². The Kier molecular flexibility index (Phi) is 8.58. The maximum absolute atomic E-state index is 12.6. The molecule has 0 saturated carbocycles. The first-order chi connectivity index (χ1) is 13.0. The number of carbonyl (C=O) groups excluding carboxylic acids is 1. The summed E-state index contributed by atoms with van der Waals surface area (Å²) in [6.07, 6.45) is 5.44. The van der Waals surface area contributed by atoms with Crippen molar-refractivity contribution in [2.45, 2.75) is 71.4 Å². The average Bonchev–Trinajstić information content (AvgIpc) is 2.69. The number of benzene rings is 1. The highest BCUT2D eigenvalue weighted by atomic mass is 16.5. The monoisotopic (exact) mass is 376 g/mol. The number of carbonyl (C=O) groups is 1. The lowest BCUT2D eigenvalue weighted by molar-refractivity contribution is -0.139. The van der Waals surface area contributed by atoms with Gasteiger partial charge in [-0.2, -0.15) is 0 Å². The minimum absolute atomic E-state index is 0.105. The van der Waals surface area contributed by atoms with Crippen molar-refractivity contribution in [3.8, 4) is 5.75 Å². The van der Waals surface area contributed by atoms with E-state index < -0.39 is 5.60 Å². The lowest BCUT2D eigenvalue weighted by Crippen LogP contribution is -2.42. The molecule has 1 aliphatic heterocycles. The fraction of sp³-hybridized carbons (Fsp3) is 0.682. The van der Waals surface area contributed by atoms with Crippen LogP contribution in [0.1, 0.15) is 59.8 Å². The molecule has 2 atom stereocenters. The minimum atomic E-state index is -0.795. The van der Waals surface area contributed by atoms with Crippen LogP contribution in [0.15, 0.2) is 24.3 Å². The van der Waals surface area contributed by atoms with Crippen molar-refractivity contribution in [3.63, 3.8) is 0 Å². The lowest BCUT2D eigenvalue weighted by Gasteiger charge is -2.33. The molecule has 0 bridgehead atoms. The lowest BCUT2D eigenvalue weighted by atomic mass is 10.0. The highest BCUT2D eigenvalue weighted by Crippen LogP contribution is 2.21. The van der Waals surface area contributed by atoms with Crippen LogP contribution in [0.2, 0.25) is 0 Å². The van der Waals surface area contributed by atoms with Gasteiger partial charge >= 0.3 is 0 Å². The van der Waals surface area contributed by atoms with Crippen molar-refractivity contribution >= 4 is 11.6 Å². The zero-order chi connectivity index (χ0) is 19.7. The highest BCUT2D eigenvalue weighted by Gasteiger charge is 2.32. The number of nitrogens with one attached hydrogen (secondary N) is 1. The quantitative estimate of drug-likeness (QED) is 0.654. The summed E-state index contributed by atoms with van der Waals surface area (Å²) in [4.78, 5) is 15.1. The molecule has 1 N–H and O–H groups in total. The zero-order valence-electron chi connectivity index (χ0n) is 17.4. The molecule has 1 heterocycles. The summed E-state index contributed by atoms with van der Waals surface area (Å²) < 4.78 is 11.6. The molecule has 0 radical (unpaired) electrons. The van der Waals surface area contributed by atoms with E-state index in [0.717, 1.165) is 24.4 Å². The number of hydrogen-bond donors (Lipinski definition) is 1. The van der Waals surface area contributed by atoms with Gasteiger partial charge in [0.2, 0.25) is 0 Å². The Balaban J connectivity index is 1.81. The molecular formula is C22H36N2O3. The largest absolute Gasteiger partial charge is 0.492 e. The van der Waals surface area contributed by atoms with Crippen molar-refractivity contribution in [1.29, 1.82) is 0 Å². The molecule has 0 spiro atoms. The molecule has 1 fully saturated rings. The van der Waals surface area contributed by atoms with Gasteiger partial charge in [0.05, 0.1) is 0 Å². The first-order valence-corrected chi connectivity index (χ1v) is 10.4. The number of rotatable bonds is 10. The smallest absolute Gasteiger partial charge is 0.256 e. The normalized spacial score (nSPS) is 20.1. The molecule has 1 aliphatic rings. The van der Waals surface area contributed by atoms with E-state index >= 15 is 0 Å². The molecule has 1 aromatic carbocycles. The van der Waals surface area contributed by atoms with Crippen LogP contribution >= 0.6 is 0 Å². The second-order valence-corrected chi connectivity index (χ2v) is 7.64. The van der Waals surface area contributed by atoms with E-state index in [2.05, 4.69) is 17.1 Å². The first kappa shape index (κ1) is 21.7. The van der Waals surface area contributed by atoms with Crippen molar-refractivity contribution in [1.82, 2.24) is 4.90 Å². The van der Waals surface area contributed by atoms with Crippen molar-refractivity contribution in [2.75, 3.05) is 31.6 Å². The van der Waals surface area contributed by atoms with E-state index in [1.165, 1.54) is 25.8 Å². The molecule has 152 valence electrons. The Labute approximate surface area is 164 Å². The van der Waals surface area contributed by atoms with E-state index in [1.807, 2.05) is 45.0 Å². The fourth-order valence-corrected chi connectivity index (χ4v) is 3.32. The average molecular weight is 377 g/mol. The van der Waals surface area contributed by atoms with Crippen molar-refractivity contribution in [2.24, 2.45) is 0 Å². The summed E-state index contributed by atoms with van der Waals surface area (Å²) in [6, 6.07) is 8.23. The van der Waals surface area contributed by atoms with Gasteiger partial charge in [0.15, 0.2) is 0 Å². The topological polar surface area (TPSA) is 50.8 Å². The standard InChI is InChI=1S/C22H36N2O3/c1-5-16-27-22(4,6-2)21(25)23-19-10-12-20(13-11-19)26-17-15-24-14-8-7-9-18(24)3/h10-13,18H,5-9,14-17H2,1-4H3,(H,23,25). The Morgan fingerprint density at radius 1 is 1.22 bits per heavy atom. The van der Waals surface area contributed by atoms with Gasteiger partial charge in [-0.3, -0.25) is 9.69 Å². The number of amides is 1. The van der Waals surface area contributed by atoms with Gasteiger partial charge in [0.25, 0.3) is 5.91 Å². The molecule has 1 amide bonds. The van der Waals surface area contributed by atoms with Crippen LogP contribution in [0.5, 0.6) is 5.75 Å². The van der Waals surface area contributed by atoms with Crippen LogP contribution in [-0.4, -0.2) is 48.8 Å². The molecule has 27 heavy (non-hydrogen) atoms. The summed E-state index contributed by atoms with van der Waals surface area (Å²) in [5.41, 5.74) is -0.0344. The number of piperidine rings is 1. The van der Waals surface area contributed by atoms with E-state index in [1.54, 1.807) is 0 Å². The minimum Gasteiger partial charge on any atom is -0.492 e. The molecule has 0 aliphatic carbocycles. The van der Waals surface area contributed by atoms with Gasteiger partial charge < -0.3 is 14.8 Å². The van der Waals surface area contributed by atoms with E-state index in [-0.39, 0.29) is 5.91 Å².